The number of para-hydroxylation sites is 1. The summed E-state index contributed by atoms with van der Waals surface area (Å²) in [6, 6.07) is 19.4. The van der Waals surface area contributed by atoms with Crippen molar-refractivity contribution in [1.82, 2.24) is 4.98 Å². The summed E-state index contributed by atoms with van der Waals surface area (Å²) in [6.45, 7) is 1.72. The molecule has 148 valence electrons. The zero-order chi connectivity index (χ0) is 20.5. The highest BCUT2D eigenvalue weighted by molar-refractivity contribution is 5.96. The molecule has 1 aromatic heterocycles. The maximum Gasteiger partial charge on any atom is 0.344 e. The molecule has 1 N–H and O–H groups in total. The number of amides is 1. The number of nitrogens with one attached hydrogen (secondary N) is 1. The highest BCUT2D eigenvalue weighted by Gasteiger charge is 2.16. The molecule has 3 aromatic rings. The van der Waals surface area contributed by atoms with Crippen LogP contribution in [-0.4, -0.2) is 30.1 Å². The molecule has 3 rings (SSSR count). The van der Waals surface area contributed by atoms with Gasteiger partial charge >= 0.3 is 5.97 Å². The average molecular weight is 392 g/mol. The van der Waals surface area contributed by atoms with Crippen LogP contribution in [0.3, 0.4) is 0 Å². The molecule has 0 saturated carbocycles. The first-order valence-electron chi connectivity index (χ1n) is 9.03. The van der Waals surface area contributed by atoms with E-state index in [9.17, 15) is 9.59 Å². The van der Waals surface area contributed by atoms with Gasteiger partial charge in [0.1, 0.15) is 17.1 Å². The fourth-order valence-corrected chi connectivity index (χ4v) is 2.43. The Balaban J connectivity index is 1.51. The number of carbonyl (C=O) groups is 2. The van der Waals surface area contributed by atoms with Crippen LogP contribution in [0.25, 0.3) is 0 Å². The van der Waals surface area contributed by atoms with E-state index in [1.165, 1.54) is 12.3 Å². The van der Waals surface area contributed by atoms with Crippen LogP contribution < -0.4 is 14.8 Å². The van der Waals surface area contributed by atoms with Crippen molar-refractivity contribution < 1.29 is 23.8 Å². The van der Waals surface area contributed by atoms with Gasteiger partial charge in [0.15, 0.2) is 6.61 Å². The number of ether oxygens (including phenoxy) is 3. The Bertz CT molecular complexity index is 958. The summed E-state index contributed by atoms with van der Waals surface area (Å²) >= 11 is 0. The minimum atomic E-state index is -0.677. The predicted molar refractivity (Wildman–Crippen MR) is 107 cm³/mol. The number of carbonyl (C=O) groups excluding carboxylic acids is 2. The first kappa shape index (κ1) is 19.9. The van der Waals surface area contributed by atoms with Crippen LogP contribution in [-0.2, 0) is 9.53 Å². The van der Waals surface area contributed by atoms with Gasteiger partial charge in [-0.2, -0.15) is 0 Å². The van der Waals surface area contributed by atoms with E-state index < -0.39 is 18.5 Å². The van der Waals surface area contributed by atoms with E-state index in [0.29, 0.717) is 18.0 Å². The summed E-state index contributed by atoms with van der Waals surface area (Å²) in [5, 5.41) is 2.66. The van der Waals surface area contributed by atoms with Gasteiger partial charge in [0.25, 0.3) is 5.91 Å². The molecular formula is C22H20N2O5. The molecule has 0 radical (unpaired) electrons. The second-order valence-corrected chi connectivity index (χ2v) is 5.85. The Labute approximate surface area is 168 Å². The van der Waals surface area contributed by atoms with Gasteiger partial charge in [0.05, 0.1) is 6.61 Å². The highest BCUT2D eigenvalue weighted by atomic mass is 16.5. The van der Waals surface area contributed by atoms with Gasteiger partial charge in [-0.25, -0.2) is 9.78 Å². The molecule has 7 heteroatoms. The van der Waals surface area contributed by atoms with Gasteiger partial charge in [-0.15, -0.1) is 0 Å². The Hall–Kier alpha value is -3.87. The smallest absolute Gasteiger partial charge is 0.344 e. The summed E-state index contributed by atoms with van der Waals surface area (Å²) in [5.41, 5.74) is 0.729. The molecule has 0 unspecified atom stereocenters. The average Bonchev–Trinajstić information content (AvgIpc) is 2.75. The third-order valence-electron chi connectivity index (χ3n) is 3.72. The number of hydrogen-bond donors (Lipinski definition) is 1. The Morgan fingerprint density at radius 1 is 0.931 bits per heavy atom. The van der Waals surface area contributed by atoms with Gasteiger partial charge in [-0.3, -0.25) is 4.79 Å². The van der Waals surface area contributed by atoms with Crippen molar-refractivity contribution in [3.63, 3.8) is 0 Å². The van der Waals surface area contributed by atoms with Crippen LogP contribution in [0.5, 0.6) is 17.4 Å². The van der Waals surface area contributed by atoms with Crippen LogP contribution in [0.1, 0.15) is 17.3 Å². The second kappa shape index (κ2) is 9.89. The van der Waals surface area contributed by atoms with E-state index in [4.69, 9.17) is 14.2 Å². The van der Waals surface area contributed by atoms with Crippen LogP contribution >= 0.6 is 0 Å². The van der Waals surface area contributed by atoms with E-state index in [2.05, 4.69) is 10.3 Å². The predicted octanol–water partition coefficient (Wildman–Crippen LogP) is 4.07. The topological polar surface area (TPSA) is 86.8 Å². The quantitative estimate of drug-likeness (QED) is 0.582. The van der Waals surface area contributed by atoms with E-state index in [1.807, 2.05) is 30.3 Å². The van der Waals surface area contributed by atoms with E-state index in [-0.39, 0.29) is 11.4 Å². The zero-order valence-electron chi connectivity index (χ0n) is 15.8. The number of hydrogen-bond acceptors (Lipinski definition) is 6. The maximum atomic E-state index is 12.2. The standard InChI is InChI=1S/C22H20N2O5/c1-2-27-21-19(9-6-14-23-21)22(26)28-15-20(25)24-16-10-12-18(13-11-16)29-17-7-4-3-5-8-17/h3-14H,2,15H2,1H3,(H,24,25). The molecule has 29 heavy (non-hydrogen) atoms. The number of benzene rings is 2. The Kier molecular flexibility index (Phi) is 6.78. The normalized spacial score (nSPS) is 10.1. The lowest BCUT2D eigenvalue weighted by Gasteiger charge is -2.10. The maximum absolute atomic E-state index is 12.2. The molecule has 1 heterocycles. The number of aromatic nitrogens is 1. The number of nitrogens with zero attached hydrogens (tertiary/aromatic N) is 1. The van der Waals surface area contributed by atoms with Crippen molar-refractivity contribution in [2.75, 3.05) is 18.5 Å². The molecule has 2 aromatic carbocycles. The summed E-state index contributed by atoms with van der Waals surface area (Å²) in [7, 11) is 0. The summed E-state index contributed by atoms with van der Waals surface area (Å²) in [4.78, 5) is 28.2. The molecule has 0 aliphatic carbocycles. The van der Waals surface area contributed by atoms with Gasteiger partial charge in [-0.05, 0) is 55.5 Å². The van der Waals surface area contributed by atoms with E-state index in [0.717, 1.165) is 5.75 Å². The first-order valence-corrected chi connectivity index (χ1v) is 9.03. The number of esters is 1. The number of pyridine rings is 1. The molecule has 0 saturated heterocycles. The third-order valence-corrected chi connectivity index (χ3v) is 3.72. The molecule has 0 atom stereocenters. The molecule has 0 bridgehead atoms. The lowest BCUT2D eigenvalue weighted by atomic mass is 10.3. The second-order valence-electron chi connectivity index (χ2n) is 5.85. The summed E-state index contributed by atoms with van der Waals surface area (Å²) < 4.78 is 16.0. The fourth-order valence-electron chi connectivity index (χ4n) is 2.43. The number of rotatable bonds is 8. The van der Waals surface area contributed by atoms with Crippen molar-refractivity contribution in [2.24, 2.45) is 0 Å². The third kappa shape index (κ3) is 5.80. The van der Waals surface area contributed by atoms with Crippen molar-refractivity contribution in [1.29, 1.82) is 0 Å². The molecule has 0 fully saturated rings. The van der Waals surface area contributed by atoms with Crippen molar-refractivity contribution >= 4 is 17.6 Å². The first-order chi connectivity index (χ1) is 14.2. The van der Waals surface area contributed by atoms with Gasteiger partial charge in [0, 0.05) is 11.9 Å². The molecule has 1 amide bonds. The number of anilines is 1. The van der Waals surface area contributed by atoms with Crippen LogP contribution in [0, 0.1) is 0 Å². The minimum Gasteiger partial charge on any atom is -0.477 e. The van der Waals surface area contributed by atoms with Crippen molar-refractivity contribution in [3.8, 4) is 17.4 Å². The van der Waals surface area contributed by atoms with E-state index >= 15 is 0 Å². The van der Waals surface area contributed by atoms with Crippen molar-refractivity contribution in [3.05, 3.63) is 78.5 Å². The Morgan fingerprint density at radius 2 is 1.66 bits per heavy atom. The lowest BCUT2D eigenvalue weighted by Crippen LogP contribution is -2.21. The highest BCUT2D eigenvalue weighted by Crippen LogP contribution is 2.22. The van der Waals surface area contributed by atoms with Crippen LogP contribution in [0.4, 0.5) is 5.69 Å². The summed E-state index contributed by atoms with van der Waals surface area (Å²) in [5.74, 6) is 0.397. The molecule has 0 aliphatic rings. The molecule has 0 spiro atoms. The van der Waals surface area contributed by atoms with Crippen LogP contribution in [0.15, 0.2) is 72.9 Å². The Morgan fingerprint density at radius 3 is 2.38 bits per heavy atom. The van der Waals surface area contributed by atoms with Crippen molar-refractivity contribution in [2.45, 2.75) is 6.92 Å². The zero-order valence-corrected chi connectivity index (χ0v) is 15.8. The molecular weight excluding hydrogens is 372 g/mol. The molecule has 7 nitrogen and oxygen atoms in total. The fraction of sp³-hybridized carbons (Fsp3) is 0.136. The summed E-state index contributed by atoms with van der Waals surface area (Å²) in [6.07, 6.45) is 1.51. The van der Waals surface area contributed by atoms with E-state index in [1.54, 1.807) is 37.3 Å². The molecule has 0 aliphatic heterocycles. The minimum absolute atomic E-state index is 0.171. The lowest BCUT2D eigenvalue weighted by molar-refractivity contribution is -0.119. The SMILES string of the molecule is CCOc1ncccc1C(=O)OCC(=O)Nc1ccc(Oc2ccccc2)cc1. The van der Waals surface area contributed by atoms with Gasteiger partial charge in [-0.1, -0.05) is 18.2 Å². The monoisotopic (exact) mass is 392 g/mol. The van der Waals surface area contributed by atoms with Gasteiger partial charge in [0.2, 0.25) is 5.88 Å². The largest absolute Gasteiger partial charge is 0.477 e. The van der Waals surface area contributed by atoms with Gasteiger partial charge < -0.3 is 19.5 Å². The van der Waals surface area contributed by atoms with Crippen LogP contribution in [0.2, 0.25) is 0 Å².